The predicted octanol–water partition coefficient (Wildman–Crippen LogP) is 4.60. The van der Waals surface area contributed by atoms with E-state index in [1.165, 1.54) is 19.8 Å². The van der Waals surface area contributed by atoms with Crippen molar-refractivity contribution < 1.29 is 19.1 Å². The molecule has 34 heavy (non-hydrogen) atoms. The van der Waals surface area contributed by atoms with Crippen LogP contribution in [0.4, 0.5) is 15.3 Å². The van der Waals surface area contributed by atoms with Crippen molar-refractivity contribution in [1.29, 1.82) is 0 Å². The Labute approximate surface area is 205 Å². The zero-order valence-electron chi connectivity index (χ0n) is 19.8. The van der Waals surface area contributed by atoms with Crippen molar-refractivity contribution in [2.45, 2.75) is 32.4 Å². The van der Waals surface area contributed by atoms with Crippen LogP contribution in [0.5, 0.6) is 11.5 Å². The summed E-state index contributed by atoms with van der Waals surface area (Å²) in [7, 11) is 3.05. The zero-order valence-corrected chi connectivity index (χ0v) is 20.6. The van der Waals surface area contributed by atoms with Crippen molar-refractivity contribution in [2.24, 2.45) is 0 Å². The zero-order chi connectivity index (χ0) is 24.2. The molecule has 0 spiro atoms. The summed E-state index contributed by atoms with van der Waals surface area (Å²) in [6.45, 7) is 5.29. The number of rotatable bonds is 6. The Morgan fingerprint density at radius 2 is 1.79 bits per heavy atom. The third kappa shape index (κ3) is 5.17. The minimum Gasteiger partial charge on any atom is -0.495 e. The number of methoxy groups -OCH3 is 2. The van der Waals surface area contributed by atoms with Gasteiger partial charge in [0, 0.05) is 44.8 Å². The highest BCUT2D eigenvalue weighted by Crippen LogP contribution is 2.36. The van der Waals surface area contributed by atoms with Gasteiger partial charge in [0.05, 0.1) is 24.9 Å². The molecule has 0 radical (unpaired) electrons. The smallest absolute Gasteiger partial charge is 0.321 e. The van der Waals surface area contributed by atoms with Crippen molar-refractivity contribution in [1.82, 2.24) is 14.7 Å². The Kier molecular flexibility index (Phi) is 7.36. The van der Waals surface area contributed by atoms with Crippen molar-refractivity contribution in [3.05, 3.63) is 52.5 Å². The van der Waals surface area contributed by atoms with Crippen LogP contribution in [0.3, 0.4) is 0 Å². The topological polar surface area (TPSA) is 74.4 Å². The van der Waals surface area contributed by atoms with Gasteiger partial charge in [-0.2, -0.15) is 0 Å². The van der Waals surface area contributed by atoms with Crippen LogP contribution in [0.15, 0.2) is 36.4 Å². The SMILES string of the molecule is COc1cc(OC)c(NC(=O)N2CCC(N3CCN(Cc4cccc(C)c4)C3=O)CC2)cc1Cl. The number of aryl methyl sites for hydroxylation is 1. The van der Waals surface area contributed by atoms with E-state index in [9.17, 15) is 9.59 Å². The molecule has 2 saturated heterocycles. The molecule has 4 rings (SSSR count). The first kappa shape index (κ1) is 24.0. The molecule has 4 amide bonds. The normalized spacial score (nSPS) is 16.7. The van der Waals surface area contributed by atoms with E-state index in [0.29, 0.717) is 41.8 Å². The lowest BCUT2D eigenvalue weighted by Crippen LogP contribution is -2.49. The van der Waals surface area contributed by atoms with E-state index in [1.807, 2.05) is 15.9 Å². The highest BCUT2D eigenvalue weighted by atomic mass is 35.5. The van der Waals surface area contributed by atoms with Crippen LogP contribution < -0.4 is 14.8 Å². The maximum absolute atomic E-state index is 13.0. The average molecular weight is 487 g/mol. The fourth-order valence-electron chi connectivity index (χ4n) is 4.65. The number of likely N-dealkylation sites (tertiary alicyclic amines) is 1. The van der Waals surface area contributed by atoms with Gasteiger partial charge in [-0.05, 0) is 31.4 Å². The van der Waals surface area contributed by atoms with Crippen molar-refractivity contribution in [3.63, 3.8) is 0 Å². The van der Waals surface area contributed by atoms with E-state index in [2.05, 4.69) is 30.4 Å². The molecule has 0 unspecified atom stereocenters. The molecule has 2 heterocycles. The molecule has 0 aromatic heterocycles. The summed E-state index contributed by atoms with van der Waals surface area (Å²) in [5, 5.41) is 3.28. The van der Waals surface area contributed by atoms with Crippen LogP contribution in [-0.2, 0) is 6.54 Å². The Morgan fingerprint density at radius 3 is 2.47 bits per heavy atom. The average Bonchev–Trinajstić information content (AvgIpc) is 3.19. The molecule has 0 saturated carbocycles. The first-order valence-corrected chi connectivity index (χ1v) is 11.9. The standard InChI is InChI=1S/C25H31ClN4O4/c1-17-5-4-6-18(13-17)16-29-11-12-30(25(29)32)19-7-9-28(10-8-19)24(31)27-21-14-20(26)22(33-2)15-23(21)34-3/h4-6,13-15,19H,7-12,16H2,1-3H3,(H,27,31). The summed E-state index contributed by atoms with van der Waals surface area (Å²) in [5.74, 6) is 0.949. The summed E-state index contributed by atoms with van der Waals surface area (Å²) < 4.78 is 10.6. The number of nitrogens with zero attached hydrogens (tertiary/aromatic N) is 3. The number of carbonyl (C=O) groups is 2. The van der Waals surface area contributed by atoms with Crippen LogP contribution in [0.2, 0.25) is 5.02 Å². The van der Waals surface area contributed by atoms with Gasteiger partial charge in [0.2, 0.25) is 0 Å². The monoisotopic (exact) mass is 486 g/mol. The third-order valence-corrected chi connectivity index (χ3v) is 6.79. The molecule has 0 atom stereocenters. The van der Waals surface area contributed by atoms with Gasteiger partial charge in [-0.25, -0.2) is 9.59 Å². The number of carbonyl (C=O) groups excluding carboxylic acids is 2. The molecular formula is C25H31ClN4O4. The second-order valence-corrected chi connectivity index (χ2v) is 9.13. The van der Waals surface area contributed by atoms with Gasteiger partial charge in [-0.15, -0.1) is 0 Å². The summed E-state index contributed by atoms with van der Waals surface area (Å²) in [6.07, 6.45) is 1.50. The largest absolute Gasteiger partial charge is 0.495 e. The van der Waals surface area contributed by atoms with Crippen LogP contribution in [0.25, 0.3) is 0 Å². The fourth-order valence-corrected chi connectivity index (χ4v) is 4.89. The van der Waals surface area contributed by atoms with Gasteiger partial charge in [0.25, 0.3) is 0 Å². The van der Waals surface area contributed by atoms with E-state index >= 15 is 0 Å². The molecule has 1 N–H and O–H groups in total. The van der Waals surface area contributed by atoms with Gasteiger partial charge in [-0.1, -0.05) is 41.4 Å². The van der Waals surface area contributed by atoms with Crippen molar-refractivity contribution >= 4 is 29.4 Å². The minimum atomic E-state index is -0.216. The lowest BCUT2D eigenvalue weighted by atomic mass is 10.0. The number of hydrogen-bond acceptors (Lipinski definition) is 4. The molecule has 2 aromatic rings. The molecule has 2 aliphatic rings. The first-order chi connectivity index (χ1) is 16.4. The number of benzene rings is 2. The Balaban J connectivity index is 1.31. The molecule has 182 valence electrons. The summed E-state index contributed by atoms with van der Waals surface area (Å²) in [6, 6.07) is 11.5. The number of anilines is 1. The number of hydrogen-bond donors (Lipinski definition) is 1. The lowest BCUT2D eigenvalue weighted by Gasteiger charge is -2.36. The summed E-state index contributed by atoms with van der Waals surface area (Å²) in [5.41, 5.74) is 2.83. The second kappa shape index (κ2) is 10.4. The van der Waals surface area contributed by atoms with E-state index in [-0.39, 0.29) is 18.1 Å². The third-order valence-electron chi connectivity index (χ3n) is 6.49. The van der Waals surface area contributed by atoms with Crippen LogP contribution in [-0.4, -0.2) is 73.2 Å². The maximum Gasteiger partial charge on any atom is 0.321 e. The number of halogens is 1. The highest BCUT2D eigenvalue weighted by Gasteiger charge is 2.36. The molecule has 0 bridgehead atoms. The van der Waals surface area contributed by atoms with Gasteiger partial charge < -0.3 is 29.5 Å². The Morgan fingerprint density at radius 1 is 1.06 bits per heavy atom. The number of amides is 4. The first-order valence-electron chi connectivity index (χ1n) is 11.5. The van der Waals surface area contributed by atoms with E-state index in [0.717, 1.165) is 31.5 Å². The molecule has 0 aliphatic carbocycles. The lowest BCUT2D eigenvalue weighted by molar-refractivity contribution is 0.139. The number of piperidine rings is 1. The number of nitrogens with one attached hydrogen (secondary N) is 1. The van der Waals surface area contributed by atoms with E-state index < -0.39 is 0 Å². The highest BCUT2D eigenvalue weighted by molar-refractivity contribution is 6.32. The number of urea groups is 2. The molecule has 8 nitrogen and oxygen atoms in total. The molecule has 2 fully saturated rings. The van der Waals surface area contributed by atoms with Crippen molar-refractivity contribution in [3.8, 4) is 11.5 Å². The Hall–Kier alpha value is -3.13. The fraction of sp³-hybridized carbons (Fsp3) is 0.440. The van der Waals surface area contributed by atoms with Gasteiger partial charge in [-0.3, -0.25) is 0 Å². The van der Waals surface area contributed by atoms with Gasteiger partial charge in [0.1, 0.15) is 11.5 Å². The molecule has 2 aliphatic heterocycles. The number of ether oxygens (including phenoxy) is 2. The molecule has 2 aromatic carbocycles. The summed E-state index contributed by atoms with van der Waals surface area (Å²) in [4.78, 5) is 31.5. The quantitative estimate of drug-likeness (QED) is 0.647. The summed E-state index contributed by atoms with van der Waals surface area (Å²) >= 11 is 6.22. The molecular weight excluding hydrogens is 456 g/mol. The van der Waals surface area contributed by atoms with E-state index in [4.69, 9.17) is 21.1 Å². The van der Waals surface area contributed by atoms with Gasteiger partial charge >= 0.3 is 12.1 Å². The van der Waals surface area contributed by atoms with Crippen LogP contribution >= 0.6 is 11.6 Å². The second-order valence-electron chi connectivity index (χ2n) is 8.72. The Bertz CT molecular complexity index is 1060. The van der Waals surface area contributed by atoms with Crippen molar-refractivity contribution in [2.75, 3.05) is 45.7 Å². The molecule has 9 heteroatoms. The van der Waals surface area contributed by atoms with Crippen LogP contribution in [0.1, 0.15) is 24.0 Å². The predicted molar refractivity (Wildman–Crippen MR) is 132 cm³/mol. The maximum atomic E-state index is 13.0. The van der Waals surface area contributed by atoms with E-state index in [1.54, 1.807) is 17.0 Å². The minimum absolute atomic E-state index is 0.0852. The van der Waals surface area contributed by atoms with Crippen LogP contribution in [0, 0.1) is 6.92 Å². The van der Waals surface area contributed by atoms with Gasteiger partial charge in [0.15, 0.2) is 0 Å².